The Hall–Kier alpha value is -1.67. The number of nitrogens with two attached hydrogens (primary N) is 1. The molecule has 1 aliphatic rings. The summed E-state index contributed by atoms with van der Waals surface area (Å²) in [5, 5.41) is 3.36. The predicted octanol–water partition coefficient (Wildman–Crippen LogP) is 2.18. The topological polar surface area (TPSA) is 80.5 Å². The number of anilines is 1. The lowest BCUT2D eigenvalue weighted by Gasteiger charge is -2.33. The molecule has 1 aliphatic heterocycles. The molecule has 1 fully saturated rings. The third-order valence-electron chi connectivity index (χ3n) is 3.96. The highest BCUT2D eigenvalue weighted by atomic mass is 35.5. The normalized spacial score (nSPS) is 16.7. The fourth-order valence-electron chi connectivity index (χ4n) is 2.69. The molecule has 0 bridgehead atoms. The van der Waals surface area contributed by atoms with E-state index in [2.05, 4.69) is 15.2 Å². The van der Waals surface area contributed by atoms with Crippen molar-refractivity contribution in [1.29, 1.82) is 0 Å². The van der Waals surface area contributed by atoms with Gasteiger partial charge in [0.25, 0.3) is 5.91 Å². The van der Waals surface area contributed by atoms with E-state index in [0.717, 1.165) is 18.0 Å². The molecule has 2 heterocycles. The molecule has 3 rings (SSSR count). The van der Waals surface area contributed by atoms with Crippen LogP contribution in [0.25, 0.3) is 0 Å². The molecule has 3 N–H and O–H groups in total. The first-order valence-corrected chi connectivity index (χ1v) is 8.94. The standard InChI is InChI=1S/C16H19ClN4O2S/c17-13-2-1-11(18)7-12(13)16(22)20-8-14(15-9-19-10-24-15)21-3-5-23-6-4-21/h1-2,7,9-10,14H,3-6,8,18H2,(H,20,22). The molecule has 6 nitrogen and oxygen atoms in total. The lowest BCUT2D eigenvalue weighted by atomic mass is 10.1. The molecular formula is C16H19ClN4O2S. The fourth-order valence-corrected chi connectivity index (χ4v) is 3.65. The molecule has 1 aromatic heterocycles. The van der Waals surface area contributed by atoms with Crippen LogP contribution in [-0.2, 0) is 4.74 Å². The summed E-state index contributed by atoms with van der Waals surface area (Å²) in [6.45, 7) is 3.54. The molecule has 24 heavy (non-hydrogen) atoms. The molecule has 0 radical (unpaired) electrons. The van der Waals surface area contributed by atoms with Crippen LogP contribution in [0.3, 0.4) is 0 Å². The minimum atomic E-state index is -0.227. The van der Waals surface area contributed by atoms with Gasteiger partial charge in [-0.15, -0.1) is 11.3 Å². The van der Waals surface area contributed by atoms with E-state index in [1.165, 1.54) is 0 Å². The lowest BCUT2D eigenvalue weighted by molar-refractivity contribution is 0.0169. The molecule has 1 saturated heterocycles. The van der Waals surface area contributed by atoms with Crippen LogP contribution in [0.4, 0.5) is 5.69 Å². The quantitative estimate of drug-likeness (QED) is 0.793. The maximum atomic E-state index is 12.5. The van der Waals surface area contributed by atoms with Crippen LogP contribution in [0.5, 0.6) is 0 Å². The summed E-state index contributed by atoms with van der Waals surface area (Å²) in [4.78, 5) is 20.1. The van der Waals surface area contributed by atoms with Crippen LogP contribution in [0.15, 0.2) is 29.9 Å². The third kappa shape index (κ3) is 4.05. The van der Waals surface area contributed by atoms with Gasteiger partial charge in [0.15, 0.2) is 0 Å². The molecule has 0 aliphatic carbocycles. The Morgan fingerprint density at radius 1 is 1.46 bits per heavy atom. The Kier molecular flexibility index (Phi) is 5.68. The van der Waals surface area contributed by atoms with Gasteiger partial charge in [-0.25, -0.2) is 0 Å². The first kappa shape index (κ1) is 17.2. The maximum Gasteiger partial charge on any atom is 0.252 e. The van der Waals surface area contributed by atoms with Crippen molar-refractivity contribution in [2.24, 2.45) is 0 Å². The van der Waals surface area contributed by atoms with Gasteiger partial charge in [0.05, 0.1) is 35.4 Å². The molecule has 2 aromatic rings. The zero-order valence-electron chi connectivity index (χ0n) is 13.1. The third-order valence-corrected chi connectivity index (χ3v) is 5.16. The number of thiazole rings is 1. The smallest absolute Gasteiger partial charge is 0.252 e. The number of hydrogen-bond donors (Lipinski definition) is 2. The summed E-state index contributed by atoms with van der Waals surface area (Å²) in [5.41, 5.74) is 8.45. The van der Waals surface area contributed by atoms with E-state index >= 15 is 0 Å². The average molecular weight is 367 g/mol. The van der Waals surface area contributed by atoms with E-state index in [4.69, 9.17) is 22.1 Å². The van der Waals surface area contributed by atoms with Gasteiger partial charge in [0.1, 0.15) is 0 Å². The van der Waals surface area contributed by atoms with Gasteiger partial charge in [-0.3, -0.25) is 14.7 Å². The number of nitrogens with zero attached hydrogens (tertiary/aromatic N) is 2. The van der Waals surface area contributed by atoms with Crippen molar-refractivity contribution in [2.45, 2.75) is 6.04 Å². The van der Waals surface area contributed by atoms with Gasteiger partial charge < -0.3 is 15.8 Å². The lowest BCUT2D eigenvalue weighted by Crippen LogP contribution is -2.43. The van der Waals surface area contributed by atoms with E-state index < -0.39 is 0 Å². The summed E-state index contributed by atoms with van der Waals surface area (Å²) >= 11 is 7.69. The van der Waals surface area contributed by atoms with Crippen LogP contribution < -0.4 is 11.1 Å². The second kappa shape index (κ2) is 7.94. The average Bonchev–Trinajstić information content (AvgIpc) is 3.12. The van der Waals surface area contributed by atoms with Crippen molar-refractivity contribution in [3.05, 3.63) is 45.4 Å². The highest BCUT2D eigenvalue weighted by Crippen LogP contribution is 2.25. The van der Waals surface area contributed by atoms with Crippen LogP contribution in [0.2, 0.25) is 5.02 Å². The SMILES string of the molecule is Nc1ccc(Cl)c(C(=O)NCC(c2cncs2)N2CCOCC2)c1. The minimum absolute atomic E-state index is 0.0742. The van der Waals surface area contributed by atoms with E-state index in [-0.39, 0.29) is 11.9 Å². The molecule has 1 aromatic carbocycles. The highest BCUT2D eigenvalue weighted by molar-refractivity contribution is 7.09. The number of halogens is 1. The monoisotopic (exact) mass is 366 g/mol. The second-order valence-corrected chi connectivity index (χ2v) is 6.84. The van der Waals surface area contributed by atoms with E-state index in [0.29, 0.717) is 36.0 Å². The Morgan fingerprint density at radius 3 is 2.96 bits per heavy atom. The summed E-state index contributed by atoms with van der Waals surface area (Å²) in [5.74, 6) is -0.227. The van der Waals surface area contributed by atoms with Gasteiger partial charge in [-0.2, -0.15) is 0 Å². The number of aromatic nitrogens is 1. The Bertz CT molecular complexity index is 689. The van der Waals surface area contributed by atoms with Crippen LogP contribution in [-0.4, -0.2) is 48.6 Å². The number of morpholine rings is 1. The number of carbonyl (C=O) groups is 1. The molecule has 1 amide bonds. The second-order valence-electron chi connectivity index (χ2n) is 5.52. The molecule has 1 unspecified atom stereocenters. The number of carbonyl (C=O) groups excluding carboxylic acids is 1. The van der Waals surface area contributed by atoms with E-state index in [9.17, 15) is 4.79 Å². The Balaban J connectivity index is 1.71. The van der Waals surface area contributed by atoms with Crippen molar-refractivity contribution >= 4 is 34.5 Å². The largest absolute Gasteiger partial charge is 0.399 e. The number of rotatable bonds is 5. The van der Waals surface area contributed by atoms with Crippen molar-refractivity contribution < 1.29 is 9.53 Å². The van der Waals surface area contributed by atoms with Crippen LogP contribution >= 0.6 is 22.9 Å². The maximum absolute atomic E-state index is 12.5. The zero-order valence-corrected chi connectivity index (χ0v) is 14.6. The first-order chi connectivity index (χ1) is 11.6. The summed E-state index contributed by atoms with van der Waals surface area (Å²) in [6.07, 6.45) is 1.85. The van der Waals surface area contributed by atoms with Crippen LogP contribution in [0.1, 0.15) is 21.3 Å². The molecule has 0 saturated carbocycles. The van der Waals surface area contributed by atoms with Crippen molar-refractivity contribution in [2.75, 3.05) is 38.6 Å². The van der Waals surface area contributed by atoms with E-state index in [1.807, 2.05) is 6.20 Å². The number of hydrogen-bond acceptors (Lipinski definition) is 6. The fraction of sp³-hybridized carbons (Fsp3) is 0.375. The van der Waals surface area contributed by atoms with Gasteiger partial charge >= 0.3 is 0 Å². The number of nitrogen functional groups attached to an aromatic ring is 1. The zero-order chi connectivity index (χ0) is 16.9. The number of benzene rings is 1. The number of nitrogens with one attached hydrogen (secondary N) is 1. The van der Waals surface area contributed by atoms with Crippen molar-refractivity contribution in [1.82, 2.24) is 15.2 Å². The van der Waals surface area contributed by atoms with Gasteiger partial charge in [0, 0.05) is 36.4 Å². The van der Waals surface area contributed by atoms with Crippen molar-refractivity contribution in [3.8, 4) is 0 Å². The molecule has 0 spiro atoms. The van der Waals surface area contributed by atoms with Gasteiger partial charge in [-0.1, -0.05) is 11.6 Å². The summed E-state index contributed by atoms with van der Waals surface area (Å²) in [6, 6.07) is 4.97. The Labute approximate surface area is 149 Å². The van der Waals surface area contributed by atoms with Gasteiger partial charge in [-0.05, 0) is 18.2 Å². The number of ether oxygens (including phenoxy) is 1. The molecule has 128 valence electrons. The van der Waals surface area contributed by atoms with Crippen LogP contribution in [0, 0.1) is 0 Å². The van der Waals surface area contributed by atoms with Gasteiger partial charge in [0.2, 0.25) is 0 Å². The Morgan fingerprint density at radius 2 is 2.25 bits per heavy atom. The van der Waals surface area contributed by atoms with Crippen molar-refractivity contribution in [3.63, 3.8) is 0 Å². The summed E-state index contributed by atoms with van der Waals surface area (Å²) < 4.78 is 5.42. The van der Waals surface area contributed by atoms with E-state index in [1.54, 1.807) is 35.0 Å². The minimum Gasteiger partial charge on any atom is -0.399 e. The highest BCUT2D eigenvalue weighted by Gasteiger charge is 2.24. The summed E-state index contributed by atoms with van der Waals surface area (Å²) in [7, 11) is 0. The molecule has 1 atom stereocenters. The first-order valence-electron chi connectivity index (χ1n) is 7.68. The molecule has 8 heteroatoms. The molecular weight excluding hydrogens is 348 g/mol. The predicted molar refractivity (Wildman–Crippen MR) is 95.4 cm³/mol. The number of amides is 1.